The van der Waals surface area contributed by atoms with Crippen LogP contribution in [0.25, 0.3) is 0 Å². The van der Waals surface area contributed by atoms with Crippen LogP contribution in [-0.2, 0) is 13.6 Å². The summed E-state index contributed by atoms with van der Waals surface area (Å²) in [6, 6.07) is 2.09. The highest BCUT2D eigenvalue weighted by Gasteiger charge is 2.11. The van der Waals surface area contributed by atoms with E-state index in [1.165, 1.54) is 6.21 Å². The molecule has 5 heteroatoms. The third-order valence-electron chi connectivity index (χ3n) is 1.99. The van der Waals surface area contributed by atoms with E-state index in [2.05, 4.69) is 11.2 Å². The number of oxime groups is 1. The third-order valence-corrected chi connectivity index (χ3v) is 1.99. The van der Waals surface area contributed by atoms with E-state index in [4.69, 9.17) is 10.5 Å². The predicted molar refractivity (Wildman–Crippen MR) is 49.8 cm³/mol. The molecule has 5 nitrogen and oxygen atoms in total. The number of unbranched alkanes of at least 4 members (excludes halogenated alkanes) is 1. The van der Waals surface area contributed by atoms with E-state index in [0.717, 1.165) is 18.8 Å². The number of imidazole rings is 1. The third kappa shape index (κ3) is 2.33. The van der Waals surface area contributed by atoms with Crippen molar-refractivity contribution in [3.8, 4) is 6.07 Å². The van der Waals surface area contributed by atoms with E-state index < -0.39 is 0 Å². The fourth-order valence-corrected chi connectivity index (χ4v) is 1.27. The van der Waals surface area contributed by atoms with Gasteiger partial charge >= 0.3 is 5.82 Å². The predicted octanol–water partition coefficient (Wildman–Crippen LogP) is 0.424. The van der Waals surface area contributed by atoms with Crippen LogP contribution >= 0.6 is 0 Å². The van der Waals surface area contributed by atoms with Crippen LogP contribution in [0.3, 0.4) is 0 Å². The van der Waals surface area contributed by atoms with E-state index in [9.17, 15) is 0 Å². The molecule has 1 rings (SSSR count). The van der Waals surface area contributed by atoms with Crippen molar-refractivity contribution in [2.75, 3.05) is 0 Å². The van der Waals surface area contributed by atoms with Gasteiger partial charge in [0.1, 0.15) is 12.4 Å². The van der Waals surface area contributed by atoms with Crippen LogP contribution in [0, 0.1) is 11.3 Å². The molecule has 0 amide bonds. The molecular formula is C9H13N4O+. The minimum atomic E-state index is 0.539. The summed E-state index contributed by atoms with van der Waals surface area (Å²) >= 11 is 0. The van der Waals surface area contributed by atoms with Gasteiger partial charge in [0.05, 0.1) is 19.7 Å². The molecule has 0 saturated carbocycles. The molecule has 1 N–H and O–H groups in total. The number of nitriles is 1. The van der Waals surface area contributed by atoms with Gasteiger partial charge in [-0.1, -0.05) is 5.16 Å². The maximum Gasteiger partial charge on any atom is 0.303 e. The minimum absolute atomic E-state index is 0.539. The molecule has 0 radical (unpaired) electrons. The summed E-state index contributed by atoms with van der Waals surface area (Å²) < 4.78 is 3.79. The Labute approximate surface area is 82.5 Å². The van der Waals surface area contributed by atoms with Gasteiger partial charge in [0, 0.05) is 6.42 Å². The monoisotopic (exact) mass is 193 g/mol. The smallest absolute Gasteiger partial charge is 0.303 e. The first-order chi connectivity index (χ1) is 6.79. The SMILES string of the molecule is C[n+]1ccn(CCCC#N)c1/C=N/O. The number of nitrogens with zero attached hydrogens (tertiary/aromatic N) is 4. The van der Waals surface area contributed by atoms with Crippen LogP contribution < -0.4 is 4.57 Å². The fourth-order valence-electron chi connectivity index (χ4n) is 1.27. The van der Waals surface area contributed by atoms with Gasteiger partial charge in [0.15, 0.2) is 6.21 Å². The van der Waals surface area contributed by atoms with E-state index >= 15 is 0 Å². The van der Waals surface area contributed by atoms with E-state index in [1.54, 1.807) is 0 Å². The molecule has 14 heavy (non-hydrogen) atoms. The van der Waals surface area contributed by atoms with Gasteiger partial charge in [-0.3, -0.25) is 0 Å². The van der Waals surface area contributed by atoms with Crippen LogP contribution in [0.5, 0.6) is 0 Å². The summed E-state index contributed by atoms with van der Waals surface area (Å²) in [6.07, 6.45) is 6.50. The number of aryl methyl sites for hydroxylation is 2. The van der Waals surface area contributed by atoms with Crippen LogP contribution in [0.4, 0.5) is 0 Å². The second-order valence-electron chi connectivity index (χ2n) is 2.97. The highest BCUT2D eigenvalue weighted by Crippen LogP contribution is 1.97. The highest BCUT2D eigenvalue weighted by molar-refractivity contribution is 5.72. The van der Waals surface area contributed by atoms with Crippen LogP contribution in [0.1, 0.15) is 18.7 Å². The lowest BCUT2D eigenvalue weighted by atomic mass is 10.3. The molecule has 1 aromatic rings. The molecular weight excluding hydrogens is 180 g/mol. The minimum Gasteiger partial charge on any atom is -0.411 e. The highest BCUT2D eigenvalue weighted by atomic mass is 16.4. The lowest BCUT2D eigenvalue weighted by Gasteiger charge is -1.95. The van der Waals surface area contributed by atoms with Gasteiger partial charge < -0.3 is 5.21 Å². The van der Waals surface area contributed by atoms with Gasteiger partial charge in [-0.05, 0) is 6.42 Å². The Morgan fingerprint density at radius 2 is 2.57 bits per heavy atom. The molecule has 0 fully saturated rings. The first-order valence-electron chi connectivity index (χ1n) is 4.38. The average Bonchev–Trinajstić information content (AvgIpc) is 2.51. The molecule has 1 heterocycles. The number of hydrogen-bond donors (Lipinski definition) is 1. The van der Waals surface area contributed by atoms with E-state index in [-0.39, 0.29) is 0 Å². The summed E-state index contributed by atoms with van der Waals surface area (Å²) in [5.41, 5.74) is 0. The maximum atomic E-state index is 8.45. The zero-order chi connectivity index (χ0) is 10.4. The lowest BCUT2D eigenvalue weighted by molar-refractivity contribution is -0.671. The molecule has 0 aliphatic heterocycles. The second kappa shape index (κ2) is 5.02. The first kappa shape index (κ1) is 10.3. The van der Waals surface area contributed by atoms with Crippen LogP contribution in [-0.4, -0.2) is 16.0 Å². The maximum absolute atomic E-state index is 8.45. The largest absolute Gasteiger partial charge is 0.411 e. The van der Waals surface area contributed by atoms with Crippen LogP contribution in [0.15, 0.2) is 17.5 Å². The number of hydrogen-bond acceptors (Lipinski definition) is 3. The van der Waals surface area contributed by atoms with Gasteiger partial charge in [0.2, 0.25) is 0 Å². The Balaban J connectivity index is 2.72. The zero-order valence-electron chi connectivity index (χ0n) is 8.09. The average molecular weight is 193 g/mol. The summed E-state index contributed by atoms with van der Waals surface area (Å²) in [7, 11) is 1.87. The van der Waals surface area contributed by atoms with Crippen molar-refractivity contribution in [2.24, 2.45) is 12.2 Å². The van der Waals surface area contributed by atoms with Gasteiger partial charge in [-0.2, -0.15) is 5.26 Å². The Morgan fingerprint density at radius 1 is 1.79 bits per heavy atom. The molecule has 74 valence electrons. The van der Waals surface area contributed by atoms with Crippen molar-refractivity contribution in [2.45, 2.75) is 19.4 Å². The van der Waals surface area contributed by atoms with Gasteiger partial charge in [0.25, 0.3) is 0 Å². The van der Waals surface area contributed by atoms with Crippen molar-refractivity contribution in [3.05, 3.63) is 18.2 Å². The van der Waals surface area contributed by atoms with E-state index in [1.807, 2.05) is 28.6 Å². The quantitative estimate of drug-likeness (QED) is 0.248. The summed E-state index contributed by atoms with van der Waals surface area (Å²) in [4.78, 5) is 0. The molecule has 0 atom stereocenters. The Morgan fingerprint density at radius 3 is 3.21 bits per heavy atom. The summed E-state index contributed by atoms with van der Waals surface area (Å²) in [6.45, 7) is 0.760. The van der Waals surface area contributed by atoms with Crippen molar-refractivity contribution in [1.82, 2.24) is 4.57 Å². The standard InChI is InChI=1S/C9H12N4O/c1-12-6-7-13(5-3-2-4-10)9(12)8-11-14/h6-8H,2-3,5H2,1H3/p+1. The first-order valence-corrected chi connectivity index (χ1v) is 4.38. The Hall–Kier alpha value is -1.83. The molecule has 0 aliphatic rings. The zero-order valence-corrected chi connectivity index (χ0v) is 8.09. The van der Waals surface area contributed by atoms with Crippen LogP contribution in [0.2, 0.25) is 0 Å². The molecule has 0 aliphatic carbocycles. The van der Waals surface area contributed by atoms with Crippen molar-refractivity contribution in [3.63, 3.8) is 0 Å². The van der Waals surface area contributed by atoms with Gasteiger partial charge in [-0.25, -0.2) is 9.13 Å². The van der Waals surface area contributed by atoms with Crippen molar-refractivity contribution in [1.29, 1.82) is 5.26 Å². The summed E-state index contributed by atoms with van der Waals surface area (Å²) in [5.74, 6) is 0.811. The normalized spacial score (nSPS) is 10.6. The van der Waals surface area contributed by atoms with Crippen molar-refractivity contribution < 1.29 is 9.77 Å². The lowest BCUT2D eigenvalue weighted by Crippen LogP contribution is -2.32. The molecule has 0 unspecified atom stereocenters. The number of aromatic nitrogens is 2. The van der Waals surface area contributed by atoms with E-state index in [0.29, 0.717) is 6.42 Å². The Bertz CT molecular complexity index is 361. The van der Waals surface area contributed by atoms with Gasteiger partial charge in [-0.15, -0.1) is 0 Å². The second-order valence-corrected chi connectivity index (χ2v) is 2.97. The summed E-state index contributed by atoms with van der Waals surface area (Å²) in [5, 5.41) is 19.8. The molecule has 0 spiro atoms. The fraction of sp³-hybridized carbons (Fsp3) is 0.444. The molecule has 0 aromatic carbocycles. The number of rotatable bonds is 4. The van der Waals surface area contributed by atoms with Crippen molar-refractivity contribution >= 4 is 6.21 Å². The molecule has 0 bridgehead atoms. The topological polar surface area (TPSA) is 65.2 Å². The Kier molecular flexibility index (Phi) is 3.68. The molecule has 1 aromatic heterocycles. The molecule has 0 saturated heterocycles.